The van der Waals surface area contributed by atoms with Gasteiger partial charge in [-0.2, -0.15) is 13.2 Å². The molecule has 1 atom stereocenters. The zero-order valence-electron chi connectivity index (χ0n) is 10.5. The van der Waals surface area contributed by atoms with Crippen LogP contribution in [0.5, 0.6) is 0 Å². The third kappa shape index (κ3) is 2.87. The number of benzene rings is 1. The SMILES string of the molecule is CC(Cc1ncc2cccc(C(F)(F)F)c2n1)C(=O)O. The Labute approximate surface area is 112 Å². The van der Waals surface area contributed by atoms with E-state index in [0.717, 1.165) is 6.07 Å². The number of carbonyl (C=O) groups is 1. The van der Waals surface area contributed by atoms with Crippen molar-refractivity contribution >= 4 is 16.9 Å². The van der Waals surface area contributed by atoms with Crippen molar-refractivity contribution in [1.29, 1.82) is 0 Å². The molecule has 7 heteroatoms. The van der Waals surface area contributed by atoms with E-state index in [1.165, 1.54) is 25.3 Å². The predicted octanol–water partition coefficient (Wildman–Crippen LogP) is 2.91. The molecule has 1 N–H and O–H groups in total. The van der Waals surface area contributed by atoms with Gasteiger partial charge in [-0.3, -0.25) is 4.79 Å². The minimum atomic E-state index is -4.51. The molecular weight excluding hydrogens is 273 g/mol. The van der Waals surface area contributed by atoms with Gasteiger partial charge >= 0.3 is 12.1 Å². The minimum Gasteiger partial charge on any atom is -0.481 e. The molecular formula is C13H11F3N2O2. The van der Waals surface area contributed by atoms with Crippen LogP contribution in [0.2, 0.25) is 0 Å². The highest BCUT2D eigenvalue weighted by Crippen LogP contribution is 2.33. The lowest BCUT2D eigenvalue weighted by atomic mass is 10.1. The highest BCUT2D eigenvalue weighted by Gasteiger charge is 2.33. The number of nitrogens with zero attached hydrogens (tertiary/aromatic N) is 2. The third-order valence-electron chi connectivity index (χ3n) is 2.88. The van der Waals surface area contributed by atoms with Crippen LogP contribution in [-0.2, 0) is 17.4 Å². The average molecular weight is 284 g/mol. The number of aromatic nitrogens is 2. The average Bonchev–Trinajstić information content (AvgIpc) is 2.36. The largest absolute Gasteiger partial charge is 0.481 e. The van der Waals surface area contributed by atoms with Crippen LogP contribution >= 0.6 is 0 Å². The van der Waals surface area contributed by atoms with Crippen molar-refractivity contribution in [2.24, 2.45) is 5.92 Å². The lowest BCUT2D eigenvalue weighted by molar-refractivity contribution is -0.141. The molecule has 0 radical (unpaired) electrons. The van der Waals surface area contributed by atoms with Crippen LogP contribution in [0, 0.1) is 5.92 Å². The van der Waals surface area contributed by atoms with Gasteiger partial charge in [0.25, 0.3) is 0 Å². The standard InChI is InChI=1S/C13H11F3N2O2/c1-7(12(19)20)5-10-17-6-8-3-2-4-9(11(8)18-10)13(14,15)16/h2-4,6-7H,5H2,1H3,(H,19,20). The number of carboxylic acids is 1. The van der Waals surface area contributed by atoms with Gasteiger partial charge in [0.05, 0.1) is 17.0 Å². The summed E-state index contributed by atoms with van der Waals surface area (Å²) in [4.78, 5) is 18.5. The molecule has 1 unspecified atom stereocenters. The van der Waals surface area contributed by atoms with Crippen molar-refractivity contribution in [1.82, 2.24) is 9.97 Å². The lowest BCUT2D eigenvalue weighted by Gasteiger charge is -2.11. The van der Waals surface area contributed by atoms with Crippen molar-refractivity contribution in [3.63, 3.8) is 0 Å². The van der Waals surface area contributed by atoms with Gasteiger partial charge in [-0.1, -0.05) is 19.1 Å². The van der Waals surface area contributed by atoms with Gasteiger partial charge in [-0.25, -0.2) is 9.97 Å². The summed E-state index contributed by atoms with van der Waals surface area (Å²) in [6, 6.07) is 3.71. The summed E-state index contributed by atoms with van der Waals surface area (Å²) in [7, 11) is 0. The van der Waals surface area contributed by atoms with Gasteiger partial charge in [-0.05, 0) is 6.07 Å². The normalized spacial score (nSPS) is 13.4. The molecule has 106 valence electrons. The molecule has 0 fully saturated rings. The Morgan fingerprint density at radius 2 is 2.10 bits per heavy atom. The first-order valence-electron chi connectivity index (χ1n) is 5.83. The van der Waals surface area contributed by atoms with Crippen molar-refractivity contribution in [3.05, 3.63) is 35.8 Å². The summed E-state index contributed by atoms with van der Waals surface area (Å²) < 4.78 is 38.7. The fourth-order valence-corrected chi connectivity index (χ4v) is 1.78. The second-order valence-electron chi connectivity index (χ2n) is 4.47. The number of hydrogen-bond donors (Lipinski definition) is 1. The molecule has 1 aromatic carbocycles. The topological polar surface area (TPSA) is 63.1 Å². The Morgan fingerprint density at radius 3 is 2.70 bits per heavy atom. The molecule has 1 aromatic heterocycles. The van der Waals surface area contributed by atoms with E-state index >= 15 is 0 Å². The van der Waals surface area contributed by atoms with E-state index in [1.807, 2.05) is 0 Å². The maximum atomic E-state index is 12.9. The third-order valence-corrected chi connectivity index (χ3v) is 2.88. The Morgan fingerprint density at radius 1 is 1.40 bits per heavy atom. The molecule has 0 spiro atoms. The Balaban J connectivity index is 2.49. The number of hydrogen-bond acceptors (Lipinski definition) is 3. The van der Waals surface area contributed by atoms with E-state index in [-0.39, 0.29) is 23.1 Å². The first kappa shape index (κ1) is 14.2. The van der Waals surface area contributed by atoms with Crippen molar-refractivity contribution < 1.29 is 23.1 Å². The molecule has 0 saturated carbocycles. The zero-order valence-corrected chi connectivity index (χ0v) is 10.5. The lowest BCUT2D eigenvalue weighted by Crippen LogP contribution is -2.14. The second kappa shape index (κ2) is 5.07. The zero-order chi connectivity index (χ0) is 14.9. The van der Waals surface area contributed by atoms with Gasteiger partial charge in [-0.15, -0.1) is 0 Å². The van der Waals surface area contributed by atoms with E-state index in [0.29, 0.717) is 0 Å². The van der Waals surface area contributed by atoms with Crippen LogP contribution in [0.4, 0.5) is 13.2 Å². The second-order valence-corrected chi connectivity index (χ2v) is 4.47. The Hall–Kier alpha value is -2.18. The molecule has 0 aliphatic heterocycles. The molecule has 2 aromatic rings. The highest BCUT2D eigenvalue weighted by molar-refractivity contribution is 5.81. The number of alkyl halides is 3. The van der Waals surface area contributed by atoms with E-state index < -0.39 is 23.6 Å². The van der Waals surface area contributed by atoms with Crippen LogP contribution < -0.4 is 0 Å². The number of carboxylic acid groups (broad SMARTS) is 1. The van der Waals surface area contributed by atoms with Gasteiger partial charge in [0, 0.05) is 18.0 Å². The van der Waals surface area contributed by atoms with Gasteiger partial charge in [0.2, 0.25) is 0 Å². The first-order valence-corrected chi connectivity index (χ1v) is 5.83. The summed E-state index contributed by atoms with van der Waals surface area (Å²) in [5.74, 6) is -1.72. The number of aliphatic carboxylic acids is 1. The van der Waals surface area contributed by atoms with Crippen LogP contribution in [0.25, 0.3) is 10.9 Å². The maximum Gasteiger partial charge on any atom is 0.418 e. The van der Waals surface area contributed by atoms with Gasteiger partial charge < -0.3 is 5.11 Å². The summed E-state index contributed by atoms with van der Waals surface area (Å²) in [5, 5.41) is 9.07. The van der Waals surface area contributed by atoms with E-state index in [4.69, 9.17) is 5.11 Å². The van der Waals surface area contributed by atoms with Crippen LogP contribution in [0.1, 0.15) is 18.3 Å². The van der Waals surface area contributed by atoms with Crippen molar-refractivity contribution in [2.75, 3.05) is 0 Å². The molecule has 0 aliphatic carbocycles. The minimum absolute atomic E-state index is 0.0164. The first-order chi connectivity index (χ1) is 9.29. The monoisotopic (exact) mass is 284 g/mol. The molecule has 1 heterocycles. The summed E-state index contributed by atoms with van der Waals surface area (Å²) >= 11 is 0. The smallest absolute Gasteiger partial charge is 0.418 e. The molecule has 0 aliphatic rings. The molecule has 2 rings (SSSR count). The fourth-order valence-electron chi connectivity index (χ4n) is 1.78. The number of rotatable bonds is 3. The van der Waals surface area contributed by atoms with Crippen molar-refractivity contribution in [2.45, 2.75) is 19.5 Å². The maximum absolute atomic E-state index is 12.9. The van der Waals surface area contributed by atoms with E-state index in [2.05, 4.69) is 9.97 Å². The molecule has 4 nitrogen and oxygen atoms in total. The highest BCUT2D eigenvalue weighted by atomic mass is 19.4. The van der Waals surface area contributed by atoms with Crippen LogP contribution in [0.15, 0.2) is 24.4 Å². The molecule has 20 heavy (non-hydrogen) atoms. The van der Waals surface area contributed by atoms with Crippen LogP contribution in [0.3, 0.4) is 0 Å². The fraction of sp³-hybridized carbons (Fsp3) is 0.308. The van der Waals surface area contributed by atoms with E-state index in [1.54, 1.807) is 0 Å². The summed E-state index contributed by atoms with van der Waals surface area (Å²) in [5.41, 5.74) is -1.05. The number of fused-ring (bicyclic) bond motifs is 1. The van der Waals surface area contributed by atoms with Gasteiger partial charge in [0.1, 0.15) is 5.82 Å². The van der Waals surface area contributed by atoms with E-state index in [9.17, 15) is 18.0 Å². The number of halogens is 3. The summed E-state index contributed by atoms with van der Waals surface area (Å²) in [6.45, 7) is 1.45. The molecule has 0 saturated heterocycles. The van der Waals surface area contributed by atoms with Crippen molar-refractivity contribution in [3.8, 4) is 0 Å². The van der Waals surface area contributed by atoms with Crippen LogP contribution in [-0.4, -0.2) is 21.0 Å². The van der Waals surface area contributed by atoms with Gasteiger partial charge in [0.15, 0.2) is 0 Å². The quantitative estimate of drug-likeness (QED) is 0.941. The number of para-hydroxylation sites is 1. The molecule has 0 bridgehead atoms. The Kier molecular flexibility index (Phi) is 3.61. The molecule has 0 amide bonds. The Bertz CT molecular complexity index is 656. The summed E-state index contributed by atoms with van der Waals surface area (Å²) in [6.07, 6.45) is -3.25. The predicted molar refractivity (Wildman–Crippen MR) is 65.0 cm³/mol.